The van der Waals surface area contributed by atoms with E-state index in [1.165, 1.54) is 89.4 Å². The Balaban J connectivity index is 1.28. The summed E-state index contributed by atoms with van der Waals surface area (Å²) in [5.74, 6) is 0. The van der Waals surface area contributed by atoms with Gasteiger partial charge in [-0.15, -0.1) is 0 Å². The van der Waals surface area contributed by atoms with Crippen LogP contribution < -0.4 is 20.6 Å². The third-order valence-electron chi connectivity index (χ3n) is 11.1. The van der Waals surface area contributed by atoms with E-state index >= 15 is 0 Å². The molecule has 0 atom stereocenters. The maximum atomic E-state index is 2.62. The third-order valence-corrected chi connectivity index (χ3v) is 11.1. The molecule has 3 heterocycles. The number of fused-ring (bicyclic) bond motifs is 6. The fraction of sp³-hybridized carbons (Fsp3) is 0.0870. The molecule has 0 fully saturated rings. The Hall–Kier alpha value is -5.80. The van der Waals surface area contributed by atoms with E-state index in [1.807, 2.05) is 0 Å². The molecule has 232 valence electrons. The predicted molar refractivity (Wildman–Crippen MR) is 208 cm³/mol. The lowest BCUT2D eigenvalue weighted by molar-refractivity contribution is 0.632. The van der Waals surface area contributed by atoms with E-state index in [-0.39, 0.29) is 12.3 Å². The van der Waals surface area contributed by atoms with Gasteiger partial charge in [-0.05, 0) is 92.7 Å². The van der Waals surface area contributed by atoms with Gasteiger partial charge < -0.3 is 9.71 Å². The Bertz CT molecular complexity index is 2430. The van der Waals surface area contributed by atoms with Crippen LogP contribution in [0.1, 0.15) is 30.5 Å². The van der Waals surface area contributed by atoms with Gasteiger partial charge in [0.15, 0.2) is 0 Å². The second-order valence-corrected chi connectivity index (χ2v) is 14.2. The van der Waals surface area contributed by atoms with Crippen molar-refractivity contribution in [1.82, 2.24) is 0 Å². The number of benzene rings is 7. The number of hydrogen-bond acceptors (Lipinski definition) is 2. The Morgan fingerprint density at radius 1 is 0.490 bits per heavy atom. The van der Waals surface area contributed by atoms with E-state index in [0.29, 0.717) is 0 Å². The van der Waals surface area contributed by atoms with Gasteiger partial charge in [0.1, 0.15) is 0 Å². The van der Waals surface area contributed by atoms with Crippen molar-refractivity contribution in [2.45, 2.75) is 26.2 Å². The largest absolute Gasteiger partial charge is 0.376 e. The standard InChI is InChI=1S/C46H35BN2/c1-30-27-37-36-26-23-34(32-15-8-5-9-16-32)29-42(36)49(35-24-21-33(22-25-35)31-13-6-4-7-14-31)47-40-19-12-18-39-45(40)48(43(28-30)44(37)47)41-20-11-10-17-38(41)46(39,2)3/h4-29H,1-3H3. The molecule has 0 aromatic heterocycles. The first-order chi connectivity index (χ1) is 24.0. The fourth-order valence-electron chi connectivity index (χ4n) is 8.79. The van der Waals surface area contributed by atoms with Crippen molar-refractivity contribution in [3.05, 3.63) is 174 Å². The van der Waals surface area contributed by atoms with Gasteiger partial charge in [0.25, 0.3) is 0 Å². The average Bonchev–Trinajstić information content (AvgIpc) is 3.15. The maximum absolute atomic E-state index is 2.62. The summed E-state index contributed by atoms with van der Waals surface area (Å²) < 4.78 is 0. The molecule has 0 N–H and O–H groups in total. The van der Waals surface area contributed by atoms with Crippen molar-refractivity contribution < 1.29 is 0 Å². The molecule has 0 radical (unpaired) electrons. The SMILES string of the molecule is Cc1cc2c3c(c1)N1c4ccccc4C(C)(C)c4cccc(c41)B3N(c1ccc(-c3ccccc3)cc1)c1cc(-c3ccccc3)ccc1-2. The zero-order valence-electron chi connectivity index (χ0n) is 28.0. The maximum Gasteiger partial charge on any atom is 0.333 e. The lowest BCUT2D eigenvalue weighted by Gasteiger charge is -2.50. The smallest absolute Gasteiger partial charge is 0.333 e. The minimum atomic E-state index is -0.141. The van der Waals surface area contributed by atoms with Crippen LogP contribution in [-0.2, 0) is 5.41 Å². The third kappa shape index (κ3) is 4.02. The van der Waals surface area contributed by atoms with E-state index in [9.17, 15) is 0 Å². The number of rotatable bonds is 3. The van der Waals surface area contributed by atoms with E-state index in [4.69, 9.17) is 0 Å². The van der Waals surface area contributed by atoms with Gasteiger partial charge in [-0.1, -0.05) is 141 Å². The topological polar surface area (TPSA) is 6.48 Å². The summed E-state index contributed by atoms with van der Waals surface area (Å²) in [5.41, 5.74) is 20.4. The molecule has 7 aromatic carbocycles. The molecule has 3 heteroatoms. The summed E-state index contributed by atoms with van der Waals surface area (Å²) in [4.78, 5) is 5.20. The highest BCUT2D eigenvalue weighted by Crippen LogP contribution is 2.54. The fourth-order valence-corrected chi connectivity index (χ4v) is 8.79. The zero-order valence-corrected chi connectivity index (χ0v) is 28.0. The van der Waals surface area contributed by atoms with Gasteiger partial charge in [-0.25, -0.2) is 0 Å². The van der Waals surface area contributed by atoms with Gasteiger partial charge in [0.2, 0.25) is 0 Å². The van der Waals surface area contributed by atoms with Gasteiger partial charge in [-0.2, -0.15) is 0 Å². The quantitative estimate of drug-likeness (QED) is 0.180. The second-order valence-electron chi connectivity index (χ2n) is 14.2. The summed E-state index contributed by atoms with van der Waals surface area (Å²) in [6.07, 6.45) is 0. The van der Waals surface area contributed by atoms with Crippen molar-refractivity contribution >= 4 is 46.2 Å². The first kappa shape index (κ1) is 28.2. The minimum Gasteiger partial charge on any atom is -0.376 e. The van der Waals surface area contributed by atoms with Crippen LogP contribution in [0.3, 0.4) is 0 Å². The average molecular weight is 627 g/mol. The molecular weight excluding hydrogens is 591 g/mol. The molecule has 3 aliphatic rings. The second kappa shape index (κ2) is 10.4. The van der Waals surface area contributed by atoms with Crippen LogP contribution in [0.4, 0.5) is 28.4 Å². The Kier molecular flexibility index (Phi) is 5.96. The molecular formula is C46H35BN2. The van der Waals surface area contributed by atoms with Crippen LogP contribution in [-0.4, -0.2) is 6.85 Å². The molecule has 2 nitrogen and oxygen atoms in total. The van der Waals surface area contributed by atoms with Gasteiger partial charge in [0, 0.05) is 33.7 Å². The molecule has 0 unspecified atom stereocenters. The van der Waals surface area contributed by atoms with Crippen LogP contribution in [0, 0.1) is 6.92 Å². The van der Waals surface area contributed by atoms with Crippen molar-refractivity contribution in [3.8, 4) is 33.4 Å². The Morgan fingerprint density at radius 3 is 1.88 bits per heavy atom. The van der Waals surface area contributed by atoms with Crippen LogP contribution >= 0.6 is 0 Å². The van der Waals surface area contributed by atoms with Crippen molar-refractivity contribution in [2.24, 2.45) is 0 Å². The molecule has 0 saturated heterocycles. The van der Waals surface area contributed by atoms with Crippen molar-refractivity contribution in [2.75, 3.05) is 9.71 Å². The van der Waals surface area contributed by atoms with E-state index in [1.54, 1.807) is 0 Å². The highest BCUT2D eigenvalue weighted by Gasteiger charge is 2.49. The molecule has 0 saturated carbocycles. The highest BCUT2D eigenvalue weighted by molar-refractivity contribution is 6.93. The molecule has 0 amide bonds. The number of hydrogen-bond donors (Lipinski definition) is 0. The Morgan fingerprint density at radius 2 is 1.12 bits per heavy atom. The molecule has 10 rings (SSSR count). The van der Waals surface area contributed by atoms with Crippen molar-refractivity contribution in [3.63, 3.8) is 0 Å². The van der Waals surface area contributed by atoms with Crippen molar-refractivity contribution in [1.29, 1.82) is 0 Å². The van der Waals surface area contributed by atoms with Gasteiger partial charge in [-0.3, -0.25) is 0 Å². The molecule has 0 spiro atoms. The van der Waals surface area contributed by atoms with Crippen LogP contribution in [0.5, 0.6) is 0 Å². The zero-order chi connectivity index (χ0) is 32.9. The highest BCUT2D eigenvalue weighted by atomic mass is 15.2. The molecule has 7 aromatic rings. The number of nitrogens with zero attached hydrogens (tertiary/aromatic N) is 2. The molecule has 3 aliphatic heterocycles. The van der Waals surface area contributed by atoms with Gasteiger partial charge >= 0.3 is 6.85 Å². The van der Waals surface area contributed by atoms with E-state index < -0.39 is 0 Å². The molecule has 0 aliphatic carbocycles. The number of para-hydroxylation sites is 2. The first-order valence-electron chi connectivity index (χ1n) is 17.3. The Labute approximate surface area is 289 Å². The number of aryl methyl sites for hydroxylation is 1. The lowest BCUT2D eigenvalue weighted by Crippen LogP contribution is -2.62. The molecule has 0 bridgehead atoms. The van der Waals surface area contributed by atoms with Crippen LogP contribution in [0.2, 0.25) is 0 Å². The number of anilines is 5. The summed E-state index contributed by atoms with van der Waals surface area (Å²) in [6, 6.07) is 58.6. The summed E-state index contributed by atoms with van der Waals surface area (Å²) in [5, 5.41) is 0. The van der Waals surface area contributed by atoms with E-state index in [0.717, 1.165) is 0 Å². The normalized spacial score (nSPS) is 14.5. The summed E-state index contributed by atoms with van der Waals surface area (Å²) in [7, 11) is 0. The lowest BCUT2D eigenvalue weighted by atomic mass is 9.42. The van der Waals surface area contributed by atoms with E-state index in [2.05, 4.69) is 188 Å². The summed E-state index contributed by atoms with van der Waals surface area (Å²) >= 11 is 0. The summed E-state index contributed by atoms with van der Waals surface area (Å²) in [6.45, 7) is 7.02. The monoisotopic (exact) mass is 626 g/mol. The van der Waals surface area contributed by atoms with Crippen LogP contribution in [0.15, 0.2) is 158 Å². The minimum absolute atomic E-state index is 0.000962. The predicted octanol–water partition coefficient (Wildman–Crippen LogP) is 10.7. The van der Waals surface area contributed by atoms with Gasteiger partial charge in [0.05, 0.1) is 5.69 Å². The van der Waals surface area contributed by atoms with Crippen LogP contribution in [0.25, 0.3) is 33.4 Å². The first-order valence-corrected chi connectivity index (χ1v) is 17.3. The molecule has 49 heavy (non-hydrogen) atoms.